The van der Waals surface area contributed by atoms with Crippen molar-refractivity contribution in [1.29, 1.82) is 0 Å². The van der Waals surface area contributed by atoms with E-state index in [4.69, 9.17) is 16.3 Å². The van der Waals surface area contributed by atoms with Gasteiger partial charge in [-0.2, -0.15) is 0 Å². The molecule has 12 heavy (non-hydrogen) atoms. The van der Waals surface area contributed by atoms with Crippen LogP contribution in [-0.4, -0.2) is 23.0 Å². The molecule has 4 heteroatoms. The summed E-state index contributed by atoms with van der Waals surface area (Å²) in [5, 5.41) is 0. The molecule has 1 aromatic rings. The first kappa shape index (κ1) is 8.82. The van der Waals surface area contributed by atoms with E-state index in [2.05, 4.69) is 21.8 Å². The van der Waals surface area contributed by atoms with Crippen LogP contribution in [0.5, 0.6) is 6.01 Å². The number of hydrogen-bond donors (Lipinski definition) is 0. The minimum absolute atomic E-state index is 0.312. The highest BCUT2D eigenvalue weighted by Crippen LogP contribution is 1.99. The highest BCUT2D eigenvalue weighted by Gasteiger charge is 1.91. The molecule has 0 saturated carbocycles. The highest BCUT2D eigenvalue weighted by atomic mass is 35.5. The second-order valence-corrected chi connectivity index (χ2v) is 2.16. The Kier molecular flexibility index (Phi) is 3.36. The minimum Gasteiger partial charge on any atom is -0.467 e. The van der Waals surface area contributed by atoms with Crippen molar-refractivity contribution in [1.82, 2.24) is 9.97 Å². The molecule has 1 aromatic heterocycles. The van der Waals surface area contributed by atoms with Gasteiger partial charge in [-0.15, -0.1) is 11.6 Å². The zero-order valence-electron chi connectivity index (χ0n) is 6.54. The van der Waals surface area contributed by atoms with Crippen LogP contribution in [-0.2, 0) is 0 Å². The summed E-state index contributed by atoms with van der Waals surface area (Å²) in [6.07, 6.45) is 3.18. The van der Waals surface area contributed by atoms with E-state index in [1.807, 2.05) is 0 Å². The van der Waals surface area contributed by atoms with Gasteiger partial charge >= 0.3 is 6.01 Å². The molecular weight excluding hydrogens is 176 g/mol. The van der Waals surface area contributed by atoms with Crippen LogP contribution < -0.4 is 4.74 Å². The number of aromatic nitrogens is 2. The summed E-state index contributed by atoms with van der Waals surface area (Å²) in [5.74, 6) is 5.79. The summed E-state index contributed by atoms with van der Waals surface area (Å²) >= 11 is 5.37. The maximum atomic E-state index is 5.37. The largest absolute Gasteiger partial charge is 0.467 e. The van der Waals surface area contributed by atoms with Crippen molar-refractivity contribution < 1.29 is 4.74 Å². The van der Waals surface area contributed by atoms with E-state index >= 15 is 0 Å². The molecule has 0 atom stereocenters. The van der Waals surface area contributed by atoms with Crippen LogP contribution in [0.4, 0.5) is 0 Å². The molecule has 0 saturated heterocycles. The lowest BCUT2D eigenvalue weighted by Crippen LogP contribution is -1.91. The summed E-state index contributed by atoms with van der Waals surface area (Å²) < 4.78 is 4.78. The molecule has 0 radical (unpaired) electrons. The smallest absolute Gasteiger partial charge is 0.316 e. The van der Waals surface area contributed by atoms with Crippen LogP contribution in [0.2, 0.25) is 0 Å². The van der Waals surface area contributed by atoms with Gasteiger partial charge in [-0.05, 0) is 0 Å². The SMILES string of the molecule is COc1ncc(C#CCCl)cn1. The highest BCUT2D eigenvalue weighted by molar-refractivity contribution is 6.19. The topological polar surface area (TPSA) is 35.0 Å². The number of hydrogen-bond acceptors (Lipinski definition) is 3. The van der Waals surface area contributed by atoms with Gasteiger partial charge in [-0.1, -0.05) is 11.8 Å². The van der Waals surface area contributed by atoms with E-state index in [0.717, 1.165) is 5.56 Å². The van der Waals surface area contributed by atoms with Gasteiger partial charge < -0.3 is 4.74 Å². The van der Waals surface area contributed by atoms with Crippen molar-refractivity contribution in [2.24, 2.45) is 0 Å². The average Bonchev–Trinajstić information content (AvgIpc) is 2.15. The third kappa shape index (κ3) is 2.40. The third-order valence-corrected chi connectivity index (χ3v) is 1.24. The Balaban J connectivity index is 2.78. The van der Waals surface area contributed by atoms with Crippen LogP contribution in [0.25, 0.3) is 0 Å². The van der Waals surface area contributed by atoms with Crippen LogP contribution in [0, 0.1) is 11.8 Å². The Labute approximate surface area is 75.7 Å². The second-order valence-electron chi connectivity index (χ2n) is 1.89. The van der Waals surface area contributed by atoms with Crippen LogP contribution in [0.3, 0.4) is 0 Å². The van der Waals surface area contributed by atoms with Gasteiger partial charge in [0.1, 0.15) is 0 Å². The first-order chi connectivity index (χ1) is 5.86. The fraction of sp³-hybridized carbons (Fsp3) is 0.250. The van der Waals surface area contributed by atoms with Crippen molar-refractivity contribution in [2.75, 3.05) is 13.0 Å². The number of ether oxygens (including phenoxy) is 1. The van der Waals surface area contributed by atoms with Crippen molar-refractivity contribution >= 4 is 11.6 Å². The van der Waals surface area contributed by atoms with Crippen molar-refractivity contribution in [3.05, 3.63) is 18.0 Å². The van der Waals surface area contributed by atoms with E-state index < -0.39 is 0 Å². The fourth-order valence-corrected chi connectivity index (χ4v) is 0.688. The van der Waals surface area contributed by atoms with Crippen molar-refractivity contribution in [2.45, 2.75) is 0 Å². The lowest BCUT2D eigenvalue weighted by molar-refractivity contribution is 0.379. The monoisotopic (exact) mass is 182 g/mol. The average molecular weight is 183 g/mol. The summed E-state index contributed by atoms with van der Waals surface area (Å²) in [6, 6.07) is 0.339. The molecule has 0 fully saturated rings. The molecule has 1 rings (SSSR count). The lowest BCUT2D eigenvalue weighted by Gasteiger charge is -1.94. The first-order valence-corrected chi connectivity index (χ1v) is 3.81. The first-order valence-electron chi connectivity index (χ1n) is 3.27. The predicted octanol–water partition coefficient (Wildman–Crippen LogP) is 1.08. The van der Waals surface area contributed by atoms with E-state index in [1.54, 1.807) is 12.4 Å². The van der Waals surface area contributed by atoms with Gasteiger partial charge in [-0.25, -0.2) is 9.97 Å². The Morgan fingerprint density at radius 3 is 2.67 bits per heavy atom. The number of nitrogens with zero attached hydrogens (tertiary/aromatic N) is 2. The quantitative estimate of drug-likeness (QED) is 0.482. The minimum atomic E-state index is 0.312. The molecule has 3 nitrogen and oxygen atoms in total. The van der Waals surface area contributed by atoms with Gasteiger partial charge in [0.15, 0.2) is 0 Å². The Morgan fingerprint density at radius 1 is 1.50 bits per heavy atom. The van der Waals surface area contributed by atoms with Gasteiger partial charge in [0, 0.05) is 12.4 Å². The molecule has 0 spiro atoms. The van der Waals surface area contributed by atoms with Gasteiger partial charge in [0.2, 0.25) is 0 Å². The Hall–Kier alpha value is -1.27. The molecule has 0 N–H and O–H groups in total. The maximum Gasteiger partial charge on any atom is 0.316 e. The standard InChI is InChI=1S/C8H7ClN2O/c1-12-8-10-5-7(6-11-8)3-2-4-9/h5-6H,4H2,1H3. The van der Waals surface area contributed by atoms with Gasteiger partial charge in [0.25, 0.3) is 0 Å². The van der Waals surface area contributed by atoms with Crippen LogP contribution >= 0.6 is 11.6 Å². The molecule has 0 aliphatic rings. The van der Waals surface area contributed by atoms with Gasteiger partial charge in [-0.3, -0.25) is 0 Å². The second kappa shape index (κ2) is 4.58. The maximum absolute atomic E-state index is 5.37. The van der Waals surface area contributed by atoms with Gasteiger partial charge in [0.05, 0.1) is 18.6 Å². The molecule has 0 aliphatic heterocycles. The zero-order valence-corrected chi connectivity index (χ0v) is 7.30. The summed E-state index contributed by atoms with van der Waals surface area (Å²) in [4.78, 5) is 7.74. The molecular formula is C8H7ClN2O. The van der Waals surface area contributed by atoms with Crippen molar-refractivity contribution in [3.63, 3.8) is 0 Å². The molecule has 0 unspecified atom stereocenters. The number of alkyl halides is 1. The summed E-state index contributed by atoms with van der Waals surface area (Å²) in [5.41, 5.74) is 0.733. The van der Waals surface area contributed by atoms with E-state index in [9.17, 15) is 0 Å². The summed E-state index contributed by atoms with van der Waals surface area (Å²) in [6.45, 7) is 0. The number of halogens is 1. The fourth-order valence-electron chi connectivity index (χ4n) is 0.622. The molecule has 0 amide bonds. The molecule has 0 aromatic carbocycles. The van der Waals surface area contributed by atoms with Crippen LogP contribution in [0.1, 0.15) is 5.56 Å². The third-order valence-electron chi connectivity index (χ3n) is 1.11. The normalized spacial score (nSPS) is 8.50. The number of rotatable bonds is 1. The Morgan fingerprint density at radius 2 is 2.17 bits per heavy atom. The molecule has 62 valence electrons. The zero-order chi connectivity index (χ0) is 8.81. The van der Waals surface area contributed by atoms with Crippen LogP contribution in [0.15, 0.2) is 12.4 Å². The summed E-state index contributed by atoms with van der Waals surface area (Å²) in [7, 11) is 1.51. The molecule has 0 aliphatic carbocycles. The van der Waals surface area contributed by atoms with E-state index in [1.165, 1.54) is 7.11 Å². The molecule has 1 heterocycles. The van der Waals surface area contributed by atoms with E-state index in [0.29, 0.717) is 11.9 Å². The Bertz CT molecular complexity index is 299. The lowest BCUT2D eigenvalue weighted by atomic mass is 10.3. The van der Waals surface area contributed by atoms with Crippen molar-refractivity contribution in [3.8, 4) is 17.9 Å². The van der Waals surface area contributed by atoms with E-state index in [-0.39, 0.29) is 0 Å². The predicted molar refractivity (Wildman–Crippen MR) is 46.2 cm³/mol. The molecule has 0 bridgehead atoms. The number of methoxy groups -OCH3 is 1.